The monoisotopic (exact) mass is 473 g/mol. The highest BCUT2D eigenvalue weighted by Crippen LogP contribution is 2.30. The molecule has 0 saturated carbocycles. The first-order valence-corrected chi connectivity index (χ1v) is 11.2. The second kappa shape index (κ2) is 13.3. The molecular weight excluding hydrogens is 446 g/mol. The minimum Gasteiger partial charge on any atom is -0.321 e. The Morgan fingerprint density at radius 1 is 0.714 bits per heavy atom. The summed E-state index contributed by atoms with van der Waals surface area (Å²) in [5.74, 6) is 0.312. The maximum atomic E-state index is 11.3. The van der Waals surface area contributed by atoms with E-state index in [4.69, 9.17) is 0 Å². The van der Waals surface area contributed by atoms with Gasteiger partial charge in [0.25, 0.3) is 0 Å². The molecule has 2 aliphatic carbocycles. The van der Waals surface area contributed by atoms with E-state index < -0.39 is 6.29 Å². The van der Waals surface area contributed by atoms with Gasteiger partial charge in [-0.15, -0.1) is 0 Å². The van der Waals surface area contributed by atoms with E-state index in [1.54, 1.807) is 6.33 Å². The third-order valence-electron chi connectivity index (χ3n) is 5.60. The van der Waals surface area contributed by atoms with E-state index in [0.717, 1.165) is 43.4 Å². The molecule has 35 heavy (non-hydrogen) atoms. The molecular formula is C26H27N5O4. The minimum atomic E-state index is -0.826. The van der Waals surface area contributed by atoms with E-state index in [0.29, 0.717) is 25.0 Å². The van der Waals surface area contributed by atoms with Crippen LogP contribution in [0.1, 0.15) is 39.9 Å². The van der Waals surface area contributed by atoms with Crippen LogP contribution in [0, 0.1) is 0 Å². The summed E-state index contributed by atoms with van der Waals surface area (Å²) in [6.45, 7) is 0. The molecule has 2 aromatic carbocycles. The largest absolute Gasteiger partial charge is 0.321 e. The summed E-state index contributed by atoms with van der Waals surface area (Å²) in [6.07, 6.45) is 8.80. The summed E-state index contributed by atoms with van der Waals surface area (Å²) < 4.78 is 0. The van der Waals surface area contributed by atoms with E-state index in [-0.39, 0.29) is 0 Å². The summed E-state index contributed by atoms with van der Waals surface area (Å²) in [4.78, 5) is 48.9. The molecule has 1 aromatic heterocycles. The molecule has 3 aromatic rings. The highest BCUT2D eigenvalue weighted by atomic mass is 16.1. The summed E-state index contributed by atoms with van der Waals surface area (Å²) in [7, 11) is 0. The SMILES string of the molecule is O=C1CCCc2ccccc21.O=CNC(NC=O)NC=O.c1ccc2c(c1)CCc1cncnc1-2. The van der Waals surface area contributed by atoms with E-state index in [1.165, 1.54) is 22.3 Å². The zero-order valence-electron chi connectivity index (χ0n) is 19.1. The fraction of sp³-hybridized carbons (Fsp3) is 0.231. The smallest absolute Gasteiger partial charge is 0.210 e. The van der Waals surface area contributed by atoms with Crippen molar-refractivity contribution in [3.8, 4) is 11.3 Å². The molecule has 0 spiro atoms. The Labute approximate surface area is 203 Å². The molecule has 0 aliphatic heterocycles. The van der Waals surface area contributed by atoms with Crippen molar-refractivity contribution in [2.24, 2.45) is 0 Å². The lowest BCUT2D eigenvalue weighted by molar-refractivity contribution is -0.114. The molecule has 5 rings (SSSR count). The number of carbonyl (C=O) groups excluding carboxylic acids is 4. The van der Waals surface area contributed by atoms with Crippen LogP contribution in [0.25, 0.3) is 11.3 Å². The fourth-order valence-electron chi connectivity index (χ4n) is 3.96. The van der Waals surface area contributed by atoms with Crippen LogP contribution in [0.3, 0.4) is 0 Å². The van der Waals surface area contributed by atoms with Crippen molar-refractivity contribution in [2.75, 3.05) is 0 Å². The number of amides is 3. The minimum absolute atomic E-state index is 0.312. The Balaban J connectivity index is 0.000000150. The van der Waals surface area contributed by atoms with Crippen molar-refractivity contribution in [2.45, 2.75) is 38.4 Å². The molecule has 1 heterocycles. The highest BCUT2D eigenvalue weighted by molar-refractivity contribution is 5.98. The molecule has 0 fully saturated rings. The van der Waals surface area contributed by atoms with Gasteiger partial charge in [-0.05, 0) is 42.4 Å². The number of benzene rings is 2. The first kappa shape index (κ1) is 25.2. The second-order valence-electron chi connectivity index (χ2n) is 7.77. The predicted molar refractivity (Wildman–Crippen MR) is 130 cm³/mol. The lowest BCUT2D eigenvalue weighted by Gasteiger charge is -2.17. The fourth-order valence-corrected chi connectivity index (χ4v) is 3.96. The number of nitrogens with zero attached hydrogens (tertiary/aromatic N) is 2. The van der Waals surface area contributed by atoms with Crippen molar-refractivity contribution >= 4 is 25.0 Å². The van der Waals surface area contributed by atoms with Gasteiger partial charge >= 0.3 is 0 Å². The average molecular weight is 474 g/mol. The van der Waals surface area contributed by atoms with Gasteiger partial charge in [-0.25, -0.2) is 9.97 Å². The second-order valence-corrected chi connectivity index (χ2v) is 7.77. The molecule has 0 radical (unpaired) electrons. The first-order valence-electron chi connectivity index (χ1n) is 11.2. The number of aryl methyl sites for hydroxylation is 3. The van der Waals surface area contributed by atoms with E-state index in [1.807, 2.05) is 30.5 Å². The summed E-state index contributed by atoms with van der Waals surface area (Å²) >= 11 is 0. The summed E-state index contributed by atoms with van der Waals surface area (Å²) in [6, 6.07) is 16.4. The van der Waals surface area contributed by atoms with Gasteiger partial charge in [-0.2, -0.15) is 0 Å². The highest BCUT2D eigenvalue weighted by Gasteiger charge is 2.16. The number of hydrogen-bond acceptors (Lipinski definition) is 6. The molecule has 0 atom stereocenters. The van der Waals surface area contributed by atoms with Gasteiger partial charge in [-0.1, -0.05) is 48.5 Å². The quantitative estimate of drug-likeness (QED) is 0.371. The van der Waals surface area contributed by atoms with Crippen LogP contribution in [-0.2, 0) is 33.6 Å². The molecule has 3 N–H and O–H groups in total. The summed E-state index contributed by atoms with van der Waals surface area (Å²) in [5, 5.41) is 6.36. The molecule has 0 bridgehead atoms. The number of Topliss-reactive ketones (excluding diaryl/α,β-unsaturated/α-hetero) is 1. The standard InChI is InChI=1S/C12H10N2.C10H10O.C4H7N3O3/c1-2-4-11-9(3-1)5-6-10-7-13-8-14-12(10)11;11-10-7-3-5-8-4-1-2-6-9(8)10;8-1-5-4(6-2-9)7-3-10/h1-4,7-8H,5-6H2;1-2,4,6H,3,5,7H2;1-4H,(H,5,8)(H,6,9)(H,7,10). The van der Waals surface area contributed by atoms with Gasteiger partial charge < -0.3 is 16.0 Å². The number of hydrogen-bond donors (Lipinski definition) is 3. The topological polar surface area (TPSA) is 130 Å². The molecule has 0 unspecified atom stereocenters. The maximum Gasteiger partial charge on any atom is 0.210 e. The Bertz CT molecular complexity index is 1100. The first-order chi connectivity index (χ1) is 17.2. The average Bonchev–Trinajstić information content (AvgIpc) is 2.90. The van der Waals surface area contributed by atoms with Crippen LogP contribution < -0.4 is 16.0 Å². The van der Waals surface area contributed by atoms with Crippen molar-refractivity contribution < 1.29 is 19.2 Å². The zero-order valence-corrected chi connectivity index (χ0v) is 19.1. The van der Waals surface area contributed by atoms with Gasteiger partial charge in [0, 0.05) is 23.7 Å². The molecule has 2 aliphatic rings. The normalized spacial score (nSPS) is 12.7. The number of carbonyl (C=O) groups is 4. The molecule has 180 valence electrons. The third-order valence-corrected chi connectivity index (χ3v) is 5.60. The lowest BCUT2D eigenvalue weighted by atomic mass is 9.90. The van der Waals surface area contributed by atoms with Gasteiger partial charge in [0.1, 0.15) is 6.33 Å². The summed E-state index contributed by atoms with van der Waals surface area (Å²) in [5.41, 5.74) is 7.23. The van der Waals surface area contributed by atoms with Gasteiger partial charge in [0.2, 0.25) is 19.2 Å². The number of fused-ring (bicyclic) bond motifs is 4. The van der Waals surface area contributed by atoms with Gasteiger partial charge in [0.05, 0.1) is 5.69 Å². The Kier molecular flexibility index (Phi) is 9.62. The van der Waals surface area contributed by atoms with Crippen LogP contribution in [0.5, 0.6) is 0 Å². The Morgan fingerprint density at radius 3 is 1.91 bits per heavy atom. The van der Waals surface area contributed by atoms with Crippen molar-refractivity contribution in [1.82, 2.24) is 25.9 Å². The Morgan fingerprint density at radius 2 is 1.29 bits per heavy atom. The van der Waals surface area contributed by atoms with Gasteiger partial charge in [-0.3, -0.25) is 19.2 Å². The molecule has 0 saturated heterocycles. The predicted octanol–water partition coefficient (Wildman–Crippen LogP) is 1.96. The number of aromatic nitrogens is 2. The van der Waals surface area contributed by atoms with Crippen molar-refractivity contribution in [1.29, 1.82) is 0 Å². The van der Waals surface area contributed by atoms with Gasteiger partial charge in [0.15, 0.2) is 12.1 Å². The van der Waals surface area contributed by atoms with Crippen molar-refractivity contribution in [3.05, 3.63) is 83.3 Å². The lowest BCUT2D eigenvalue weighted by Crippen LogP contribution is -2.51. The molecule has 3 amide bonds. The van der Waals surface area contributed by atoms with Crippen LogP contribution in [0.4, 0.5) is 0 Å². The van der Waals surface area contributed by atoms with Crippen LogP contribution >= 0.6 is 0 Å². The van der Waals surface area contributed by atoms with Crippen LogP contribution in [-0.4, -0.2) is 41.3 Å². The number of nitrogens with one attached hydrogen (secondary N) is 3. The Hall–Kier alpha value is -4.40. The molecule has 9 heteroatoms. The number of rotatable bonds is 6. The van der Waals surface area contributed by atoms with Crippen LogP contribution in [0.15, 0.2) is 61.1 Å². The zero-order chi connectivity index (χ0) is 24.9. The van der Waals surface area contributed by atoms with E-state index in [2.05, 4.69) is 50.2 Å². The third kappa shape index (κ3) is 7.04. The van der Waals surface area contributed by atoms with E-state index >= 15 is 0 Å². The molecule has 9 nitrogen and oxygen atoms in total. The maximum absolute atomic E-state index is 11.3. The van der Waals surface area contributed by atoms with Crippen LogP contribution in [0.2, 0.25) is 0 Å². The van der Waals surface area contributed by atoms with Crippen molar-refractivity contribution in [3.63, 3.8) is 0 Å². The number of ketones is 1. The van der Waals surface area contributed by atoms with E-state index in [9.17, 15) is 19.2 Å².